The maximum absolute atomic E-state index is 12.6. The van der Waals surface area contributed by atoms with Crippen LogP contribution in [0.1, 0.15) is 50.3 Å². The molecule has 1 atom stereocenters. The Labute approximate surface area is 193 Å². The van der Waals surface area contributed by atoms with Crippen LogP contribution in [0.4, 0.5) is 10.5 Å². The molecule has 2 amide bonds. The summed E-state index contributed by atoms with van der Waals surface area (Å²) in [6.07, 6.45) is 3.92. The summed E-state index contributed by atoms with van der Waals surface area (Å²) in [5.41, 5.74) is 10.6. The monoisotopic (exact) mass is 447 g/mol. The number of hydrogen-bond donors (Lipinski definition) is 2. The first-order valence-corrected chi connectivity index (χ1v) is 11.6. The number of nitrogens with two attached hydrogens (primary N) is 1. The molecular weight excluding hydrogens is 418 g/mol. The molecule has 1 aliphatic heterocycles. The molecule has 0 unspecified atom stereocenters. The number of nitrogen functional groups attached to an aromatic ring is 1. The lowest BCUT2D eigenvalue weighted by Gasteiger charge is -2.20. The molecule has 8 nitrogen and oxygen atoms in total. The number of aromatic nitrogens is 2. The normalized spacial score (nSPS) is 17.4. The summed E-state index contributed by atoms with van der Waals surface area (Å²) in [6, 6.07) is 11.6. The number of nitrogens with one attached hydrogen (secondary N) is 1. The van der Waals surface area contributed by atoms with Crippen molar-refractivity contribution in [1.29, 1.82) is 0 Å². The number of carbonyl (C=O) groups excluding carboxylic acids is 1. The Balaban J connectivity index is 1.37. The van der Waals surface area contributed by atoms with Crippen molar-refractivity contribution in [3.8, 4) is 28.6 Å². The Morgan fingerprint density at radius 3 is 2.82 bits per heavy atom. The van der Waals surface area contributed by atoms with E-state index in [2.05, 4.69) is 21.5 Å². The molecule has 172 valence electrons. The van der Waals surface area contributed by atoms with Gasteiger partial charge in [-0.25, -0.2) is 4.79 Å². The number of ether oxygens (including phenoxy) is 1. The average molecular weight is 448 g/mol. The molecule has 5 rings (SSSR count). The van der Waals surface area contributed by atoms with Gasteiger partial charge in [-0.3, -0.25) is 0 Å². The maximum Gasteiger partial charge on any atom is 0.317 e. The van der Waals surface area contributed by atoms with Crippen LogP contribution >= 0.6 is 0 Å². The SMILES string of the molecule is CC(C)Oc1ccc(-c2nc(-c3cccc4c3CC[C@@H]4NC(=O)N3CCCC3)no2)cc1N. The highest BCUT2D eigenvalue weighted by atomic mass is 16.5. The molecule has 0 spiro atoms. The smallest absolute Gasteiger partial charge is 0.317 e. The lowest BCUT2D eigenvalue weighted by atomic mass is 10.0. The van der Waals surface area contributed by atoms with E-state index in [1.807, 2.05) is 43.0 Å². The van der Waals surface area contributed by atoms with E-state index in [1.54, 1.807) is 6.07 Å². The third kappa shape index (κ3) is 4.25. The van der Waals surface area contributed by atoms with Crippen molar-refractivity contribution in [3.63, 3.8) is 0 Å². The topological polar surface area (TPSA) is 107 Å². The van der Waals surface area contributed by atoms with Crippen molar-refractivity contribution < 1.29 is 14.1 Å². The zero-order valence-corrected chi connectivity index (χ0v) is 19.0. The van der Waals surface area contributed by atoms with Gasteiger partial charge in [-0.1, -0.05) is 23.4 Å². The first-order chi connectivity index (χ1) is 16.0. The van der Waals surface area contributed by atoms with Gasteiger partial charge in [-0.05, 0) is 68.9 Å². The molecule has 3 N–H and O–H groups in total. The molecule has 1 aliphatic carbocycles. The van der Waals surface area contributed by atoms with Crippen molar-refractivity contribution in [3.05, 3.63) is 47.5 Å². The fraction of sp³-hybridized carbons (Fsp3) is 0.400. The number of amides is 2. The number of likely N-dealkylation sites (tertiary alicyclic amines) is 1. The van der Waals surface area contributed by atoms with Crippen LogP contribution in [0.5, 0.6) is 5.75 Å². The van der Waals surface area contributed by atoms with Gasteiger partial charge in [0.05, 0.1) is 17.8 Å². The van der Waals surface area contributed by atoms with E-state index in [-0.39, 0.29) is 18.2 Å². The zero-order chi connectivity index (χ0) is 22.9. The maximum atomic E-state index is 12.6. The summed E-state index contributed by atoms with van der Waals surface area (Å²) in [6.45, 7) is 5.59. The number of anilines is 1. The summed E-state index contributed by atoms with van der Waals surface area (Å²) in [4.78, 5) is 19.1. The predicted molar refractivity (Wildman–Crippen MR) is 126 cm³/mol. The third-order valence-corrected chi connectivity index (χ3v) is 6.25. The summed E-state index contributed by atoms with van der Waals surface area (Å²) < 4.78 is 11.3. The number of benzene rings is 2. The average Bonchev–Trinajstić information content (AvgIpc) is 3.56. The third-order valence-electron chi connectivity index (χ3n) is 6.25. The van der Waals surface area contributed by atoms with E-state index in [4.69, 9.17) is 15.0 Å². The van der Waals surface area contributed by atoms with Crippen LogP contribution in [0.3, 0.4) is 0 Å². The van der Waals surface area contributed by atoms with Crippen LogP contribution < -0.4 is 15.8 Å². The molecule has 1 fully saturated rings. The Bertz CT molecular complexity index is 1170. The second kappa shape index (κ2) is 8.77. The number of fused-ring (bicyclic) bond motifs is 1. The quantitative estimate of drug-likeness (QED) is 0.555. The van der Waals surface area contributed by atoms with E-state index in [1.165, 1.54) is 0 Å². The van der Waals surface area contributed by atoms with Crippen LogP contribution in [0, 0.1) is 0 Å². The molecule has 8 heteroatoms. The van der Waals surface area contributed by atoms with E-state index in [0.29, 0.717) is 23.2 Å². The second-order valence-corrected chi connectivity index (χ2v) is 8.95. The van der Waals surface area contributed by atoms with Crippen LogP contribution in [0.2, 0.25) is 0 Å². The summed E-state index contributed by atoms with van der Waals surface area (Å²) in [5.74, 6) is 1.58. The first-order valence-electron chi connectivity index (χ1n) is 11.6. The van der Waals surface area contributed by atoms with Gasteiger partial charge in [-0.2, -0.15) is 4.98 Å². The zero-order valence-electron chi connectivity index (χ0n) is 19.0. The first kappa shape index (κ1) is 21.3. The van der Waals surface area contributed by atoms with Crippen molar-refractivity contribution in [2.75, 3.05) is 18.8 Å². The Morgan fingerprint density at radius 1 is 1.24 bits per heavy atom. The van der Waals surface area contributed by atoms with Gasteiger partial charge in [0, 0.05) is 24.2 Å². The highest BCUT2D eigenvalue weighted by Crippen LogP contribution is 2.38. The molecule has 3 aromatic rings. The number of urea groups is 1. The second-order valence-electron chi connectivity index (χ2n) is 8.95. The van der Waals surface area contributed by atoms with Crippen LogP contribution in [-0.4, -0.2) is 40.3 Å². The van der Waals surface area contributed by atoms with Gasteiger partial charge in [0.15, 0.2) is 0 Å². The molecule has 2 aliphatic rings. The van der Waals surface area contributed by atoms with Gasteiger partial charge in [0.25, 0.3) is 5.89 Å². The Morgan fingerprint density at radius 2 is 2.06 bits per heavy atom. The lowest BCUT2D eigenvalue weighted by molar-refractivity contribution is 0.204. The van der Waals surface area contributed by atoms with Crippen molar-refractivity contribution in [2.24, 2.45) is 0 Å². The van der Waals surface area contributed by atoms with Gasteiger partial charge in [0.1, 0.15) is 5.75 Å². The lowest BCUT2D eigenvalue weighted by Crippen LogP contribution is -2.39. The van der Waals surface area contributed by atoms with Crippen molar-refractivity contribution >= 4 is 11.7 Å². The number of hydrogen-bond acceptors (Lipinski definition) is 6. The molecule has 0 radical (unpaired) electrons. The highest BCUT2D eigenvalue weighted by molar-refractivity contribution is 5.76. The Hall–Kier alpha value is -3.55. The molecular formula is C25H29N5O3. The molecule has 33 heavy (non-hydrogen) atoms. The summed E-state index contributed by atoms with van der Waals surface area (Å²) >= 11 is 0. The van der Waals surface area contributed by atoms with Crippen molar-refractivity contribution in [2.45, 2.75) is 51.7 Å². The standard InChI is InChI=1S/C25H29N5O3/c1-15(2)32-22-11-8-16(14-20(22)26)24-28-23(29-33-24)19-7-5-6-18-17(19)9-10-21(18)27-25(31)30-12-3-4-13-30/h5-8,11,14-15,21H,3-4,9-10,12-13,26H2,1-2H3,(H,27,31)/t21-/m0/s1. The molecule has 0 saturated carbocycles. The predicted octanol–water partition coefficient (Wildman–Crippen LogP) is 4.57. The Kier molecular flexibility index (Phi) is 5.66. The van der Waals surface area contributed by atoms with Crippen LogP contribution in [0.15, 0.2) is 40.9 Å². The van der Waals surface area contributed by atoms with Gasteiger partial charge in [0.2, 0.25) is 5.82 Å². The van der Waals surface area contributed by atoms with E-state index >= 15 is 0 Å². The minimum atomic E-state index is 0.00715. The fourth-order valence-corrected chi connectivity index (χ4v) is 4.67. The minimum absolute atomic E-state index is 0.00715. The molecule has 2 heterocycles. The molecule has 2 aromatic carbocycles. The molecule has 0 bridgehead atoms. The van der Waals surface area contributed by atoms with Gasteiger partial charge in [-0.15, -0.1) is 0 Å². The molecule has 1 aromatic heterocycles. The van der Waals surface area contributed by atoms with Gasteiger partial charge < -0.3 is 25.2 Å². The minimum Gasteiger partial charge on any atom is -0.489 e. The number of rotatable bonds is 5. The van der Waals surface area contributed by atoms with E-state index in [9.17, 15) is 4.79 Å². The summed E-state index contributed by atoms with van der Waals surface area (Å²) in [7, 11) is 0. The number of carbonyl (C=O) groups is 1. The van der Waals surface area contributed by atoms with E-state index < -0.39 is 0 Å². The van der Waals surface area contributed by atoms with Crippen LogP contribution in [0.25, 0.3) is 22.8 Å². The molecule has 1 saturated heterocycles. The summed E-state index contributed by atoms with van der Waals surface area (Å²) in [5, 5.41) is 7.44. The number of nitrogens with zero attached hydrogens (tertiary/aromatic N) is 3. The van der Waals surface area contributed by atoms with Crippen LogP contribution in [-0.2, 0) is 6.42 Å². The van der Waals surface area contributed by atoms with Gasteiger partial charge >= 0.3 is 6.03 Å². The van der Waals surface area contributed by atoms with Crippen molar-refractivity contribution in [1.82, 2.24) is 20.4 Å². The largest absolute Gasteiger partial charge is 0.489 e. The highest BCUT2D eigenvalue weighted by Gasteiger charge is 2.29. The fourth-order valence-electron chi connectivity index (χ4n) is 4.67. The van der Waals surface area contributed by atoms with E-state index in [0.717, 1.165) is 61.0 Å².